The summed E-state index contributed by atoms with van der Waals surface area (Å²) in [6.07, 6.45) is 5.34. The molecule has 1 saturated carbocycles. The van der Waals surface area contributed by atoms with Gasteiger partial charge in [0, 0.05) is 23.8 Å². The molecule has 0 aromatic heterocycles. The third-order valence-corrected chi connectivity index (χ3v) is 4.81. The molecule has 0 amide bonds. The summed E-state index contributed by atoms with van der Waals surface area (Å²) in [4.78, 5) is 13.1. The Morgan fingerprint density at radius 1 is 1.42 bits per heavy atom. The number of halogens is 2. The Kier molecular flexibility index (Phi) is 7.47. The van der Waals surface area contributed by atoms with Crippen LogP contribution in [0.2, 0.25) is 0 Å². The van der Waals surface area contributed by atoms with Crippen molar-refractivity contribution in [2.75, 3.05) is 0 Å². The maximum absolute atomic E-state index is 13.5. The molecule has 1 unspecified atom stereocenters. The predicted octanol–water partition coefficient (Wildman–Crippen LogP) is 3.47. The molecule has 8 heteroatoms. The number of amidine groups is 1. The van der Waals surface area contributed by atoms with Crippen LogP contribution in [0.15, 0.2) is 44.9 Å². The number of aliphatic hydroxyl groups is 1. The zero-order valence-electron chi connectivity index (χ0n) is 14.6. The zero-order chi connectivity index (χ0) is 19.1. The van der Waals surface area contributed by atoms with E-state index in [0.717, 1.165) is 24.8 Å². The van der Waals surface area contributed by atoms with Crippen molar-refractivity contribution in [3.05, 3.63) is 41.4 Å². The second-order valence-corrected chi connectivity index (χ2v) is 6.81. The van der Waals surface area contributed by atoms with Gasteiger partial charge in [-0.05, 0) is 60.3 Å². The number of nitrogens with two attached hydrogens (primary N) is 2. The molecular formula is C18H23BrFN5O. The molecule has 0 aliphatic heterocycles. The fourth-order valence-corrected chi connectivity index (χ4v) is 2.99. The van der Waals surface area contributed by atoms with E-state index in [-0.39, 0.29) is 6.42 Å². The highest BCUT2D eigenvalue weighted by Gasteiger charge is 2.18. The molecule has 0 spiro atoms. The van der Waals surface area contributed by atoms with Crippen molar-refractivity contribution in [2.24, 2.45) is 26.4 Å². The van der Waals surface area contributed by atoms with Crippen LogP contribution in [0, 0.1) is 5.82 Å². The highest BCUT2D eigenvalue weighted by Crippen LogP contribution is 2.28. The Morgan fingerprint density at radius 2 is 2.15 bits per heavy atom. The van der Waals surface area contributed by atoms with Gasteiger partial charge in [0.15, 0.2) is 0 Å². The van der Waals surface area contributed by atoms with Crippen LogP contribution in [0.3, 0.4) is 0 Å². The van der Waals surface area contributed by atoms with E-state index in [1.165, 1.54) is 30.8 Å². The SMILES string of the molecule is CC(O)c1cc(F)ccc1N=C(CC(=CN)C(Br)=NC1CCC1)N=CN. The Bertz CT molecular complexity index is 754. The first-order valence-corrected chi connectivity index (χ1v) is 9.17. The molecule has 5 N–H and O–H groups in total. The number of aliphatic imine (C=N–C) groups is 3. The minimum atomic E-state index is -0.871. The van der Waals surface area contributed by atoms with E-state index in [1.54, 1.807) is 6.92 Å². The van der Waals surface area contributed by atoms with E-state index in [1.807, 2.05) is 0 Å². The molecule has 2 rings (SSSR count). The first-order chi connectivity index (χ1) is 12.4. The molecule has 1 aliphatic rings. The highest BCUT2D eigenvalue weighted by atomic mass is 79.9. The minimum absolute atomic E-state index is 0.289. The lowest BCUT2D eigenvalue weighted by Crippen LogP contribution is -2.17. The van der Waals surface area contributed by atoms with Gasteiger partial charge in [-0.3, -0.25) is 4.99 Å². The monoisotopic (exact) mass is 423 g/mol. The average Bonchev–Trinajstić information content (AvgIpc) is 2.57. The van der Waals surface area contributed by atoms with E-state index < -0.39 is 11.9 Å². The van der Waals surface area contributed by atoms with Gasteiger partial charge in [0.1, 0.15) is 16.3 Å². The molecule has 26 heavy (non-hydrogen) atoms. The number of hydrogen-bond donors (Lipinski definition) is 3. The molecular weight excluding hydrogens is 401 g/mol. The Balaban J connectivity index is 2.30. The number of nitrogens with zero attached hydrogens (tertiary/aromatic N) is 3. The van der Waals surface area contributed by atoms with Crippen LogP contribution in [-0.2, 0) is 0 Å². The normalized spacial score (nSPS) is 18.2. The first kappa shape index (κ1) is 20.3. The van der Waals surface area contributed by atoms with E-state index in [4.69, 9.17) is 11.5 Å². The lowest BCUT2D eigenvalue weighted by molar-refractivity contribution is 0.199. The second kappa shape index (κ2) is 9.59. The van der Waals surface area contributed by atoms with Crippen molar-refractivity contribution in [3.63, 3.8) is 0 Å². The maximum Gasteiger partial charge on any atom is 0.135 e. The van der Waals surface area contributed by atoms with Gasteiger partial charge in [-0.25, -0.2) is 14.4 Å². The molecule has 1 aromatic rings. The summed E-state index contributed by atoms with van der Waals surface area (Å²) in [5.41, 5.74) is 12.7. The zero-order valence-corrected chi connectivity index (χ0v) is 16.2. The van der Waals surface area contributed by atoms with E-state index in [0.29, 0.717) is 27.7 Å². The molecule has 6 nitrogen and oxygen atoms in total. The smallest absolute Gasteiger partial charge is 0.135 e. The summed E-state index contributed by atoms with van der Waals surface area (Å²) in [5, 5.41) is 9.86. The van der Waals surface area contributed by atoms with Crippen molar-refractivity contribution in [1.82, 2.24) is 0 Å². The minimum Gasteiger partial charge on any atom is -0.404 e. The van der Waals surface area contributed by atoms with Crippen molar-refractivity contribution in [3.8, 4) is 0 Å². The first-order valence-electron chi connectivity index (χ1n) is 8.38. The highest BCUT2D eigenvalue weighted by molar-refractivity contribution is 9.18. The van der Waals surface area contributed by atoms with Crippen molar-refractivity contribution >= 4 is 38.4 Å². The van der Waals surface area contributed by atoms with Crippen LogP contribution >= 0.6 is 15.9 Å². The summed E-state index contributed by atoms with van der Waals surface area (Å²) in [6.45, 7) is 1.55. The van der Waals surface area contributed by atoms with Gasteiger partial charge in [-0.1, -0.05) is 0 Å². The lowest BCUT2D eigenvalue weighted by Gasteiger charge is -2.21. The molecule has 140 valence electrons. The number of aliphatic hydroxyl groups excluding tert-OH is 1. The van der Waals surface area contributed by atoms with Crippen LogP contribution in [0.4, 0.5) is 10.1 Å². The molecule has 0 saturated heterocycles. The Hall–Kier alpha value is -2.06. The topological polar surface area (TPSA) is 109 Å². The lowest BCUT2D eigenvalue weighted by atomic mass is 9.94. The van der Waals surface area contributed by atoms with Gasteiger partial charge in [-0.2, -0.15) is 0 Å². The van der Waals surface area contributed by atoms with Crippen molar-refractivity contribution in [2.45, 2.75) is 44.8 Å². The van der Waals surface area contributed by atoms with E-state index in [9.17, 15) is 9.50 Å². The van der Waals surface area contributed by atoms with Crippen LogP contribution in [0.5, 0.6) is 0 Å². The van der Waals surface area contributed by atoms with Crippen LogP contribution in [0.25, 0.3) is 0 Å². The molecule has 0 bridgehead atoms. The number of hydrogen-bond acceptors (Lipinski definition) is 4. The molecule has 1 aromatic carbocycles. The third-order valence-electron chi connectivity index (χ3n) is 4.10. The van der Waals surface area contributed by atoms with Gasteiger partial charge < -0.3 is 16.6 Å². The predicted molar refractivity (Wildman–Crippen MR) is 108 cm³/mol. The second-order valence-electron chi connectivity index (χ2n) is 6.06. The largest absolute Gasteiger partial charge is 0.404 e. The van der Waals surface area contributed by atoms with Crippen molar-refractivity contribution < 1.29 is 9.50 Å². The summed E-state index contributed by atoms with van der Waals surface area (Å²) in [5.74, 6) is -0.0693. The summed E-state index contributed by atoms with van der Waals surface area (Å²) in [7, 11) is 0. The fourth-order valence-electron chi connectivity index (χ4n) is 2.43. The quantitative estimate of drug-likeness (QED) is 0.481. The van der Waals surface area contributed by atoms with Gasteiger partial charge >= 0.3 is 0 Å². The van der Waals surface area contributed by atoms with E-state index >= 15 is 0 Å². The van der Waals surface area contributed by atoms with Crippen LogP contribution < -0.4 is 11.5 Å². The fraction of sp³-hybridized carbons (Fsp3) is 0.389. The van der Waals surface area contributed by atoms with E-state index in [2.05, 4.69) is 30.9 Å². The summed E-state index contributed by atoms with van der Waals surface area (Å²) >= 11 is 3.47. The standard InChI is InChI=1S/C18H23BrFN5O/c1-11(26)15-8-13(20)5-6-16(15)25-17(23-10-22)7-12(9-21)18(19)24-14-3-2-4-14/h5-6,8-11,14,26H,2-4,7,21H2,1H3,(H2,22,23,25). The molecule has 0 heterocycles. The maximum atomic E-state index is 13.5. The Labute approximate surface area is 160 Å². The molecule has 1 atom stereocenters. The molecule has 0 radical (unpaired) electrons. The number of rotatable bonds is 6. The number of benzene rings is 1. The van der Waals surface area contributed by atoms with Gasteiger partial charge in [0.05, 0.1) is 24.2 Å². The van der Waals surface area contributed by atoms with Gasteiger partial charge in [-0.15, -0.1) is 0 Å². The average molecular weight is 424 g/mol. The Morgan fingerprint density at radius 3 is 2.69 bits per heavy atom. The molecule has 1 aliphatic carbocycles. The van der Waals surface area contributed by atoms with Crippen LogP contribution in [-0.4, -0.2) is 27.9 Å². The summed E-state index contributed by atoms with van der Waals surface area (Å²) in [6, 6.07) is 4.34. The third kappa shape index (κ3) is 5.47. The van der Waals surface area contributed by atoms with Gasteiger partial charge in [0.25, 0.3) is 0 Å². The van der Waals surface area contributed by atoms with Crippen molar-refractivity contribution in [1.29, 1.82) is 0 Å². The molecule has 1 fully saturated rings. The summed E-state index contributed by atoms with van der Waals surface area (Å²) < 4.78 is 14.1. The van der Waals surface area contributed by atoms with Gasteiger partial charge in [0.2, 0.25) is 0 Å². The van der Waals surface area contributed by atoms with Crippen LogP contribution in [0.1, 0.15) is 44.3 Å².